The van der Waals surface area contributed by atoms with Crippen LogP contribution in [-0.2, 0) is 14.3 Å². The quantitative estimate of drug-likeness (QED) is 0.489. The summed E-state index contributed by atoms with van der Waals surface area (Å²) in [6, 6.07) is 6.25. The van der Waals surface area contributed by atoms with Crippen molar-refractivity contribution in [3.63, 3.8) is 0 Å². The van der Waals surface area contributed by atoms with Gasteiger partial charge in [0.05, 0.1) is 6.10 Å². The molecule has 0 aliphatic carbocycles. The Morgan fingerprint density at radius 2 is 1.96 bits per heavy atom. The van der Waals surface area contributed by atoms with Crippen molar-refractivity contribution in [2.45, 2.75) is 51.7 Å². The SMILES string of the molecule is Cc1ccc(C(C)C)c(OCC(O)CNCC2CCCO2)c1.O=C(O)C(=O)O. The number of benzene rings is 1. The van der Waals surface area contributed by atoms with Gasteiger partial charge in [0.2, 0.25) is 0 Å². The zero-order valence-corrected chi connectivity index (χ0v) is 16.7. The van der Waals surface area contributed by atoms with Crippen LogP contribution in [0.3, 0.4) is 0 Å². The number of rotatable bonds is 8. The monoisotopic (exact) mass is 397 g/mol. The number of aryl methyl sites for hydroxylation is 1. The average molecular weight is 397 g/mol. The summed E-state index contributed by atoms with van der Waals surface area (Å²) in [6.45, 7) is 8.86. The van der Waals surface area contributed by atoms with E-state index >= 15 is 0 Å². The Hall–Kier alpha value is -2.16. The smallest absolute Gasteiger partial charge is 0.414 e. The fraction of sp³-hybridized carbons (Fsp3) is 0.600. The van der Waals surface area contributed by atoms with Gasteiger partial charge in [-0.3, -0.25) is 0 Å². The Morgan fingerprint density at radius 1 is 1.29 bits per heavy atom. The van der Waals surface area contributed by atoms with Crippen molar-refractivity contribution in [3.8, 4) is 5.75 Å². The van der Waals surface area contributed by atoms with E-state index in [0.717, 1.165) is 31.7 Å². The molecule has 1 saturated heterocycles. The molecule has 0 radical (unpaired) electrons. The summed E-state index contributed by atoms with van der Waals surface area (Å²) in [5.41, 5.74) is 2.36. The Bertz CT molecular complexity index is 615. The average Bonchev–Trinajstić information content (AvgIpc) is 3.13. The molecule has 1 fully saturated rings. The molecule has 0 bridgehead atoms. The van der Waals surface area contributed by atoms with E-state index in [4.69, 9.17) is 29.3 Å². The number of aliphatic hydroxyl groups is 1. The number of carbonyl (C=O) groups is 2. The highest BCUT2D eigenvalue weighted by Gasteiger charge is 2.16. The summed E-state index contributed by atoms with van der Waals surface area (Å²) in [4.78, 5) is 18.2. The second-order valence-electron chi connectivity index (χ2n) is 7.06. The minimum absolute atomic E-state index is 0.303. The van der Waals surface area contributed by atoms with Gasteiger partial charge in [0, 0.05) is 19.7 Å². The van der Waals surface area contributed by atoms with Gasteiger partial charge in [-0.1, -0.05) is 26.0 Å². The van der Waals surface area contributed by atoms with E-state index in [9.17, 15) is 5.11 Å². The maximum absolute atomic E-state index is 10.1. The zero-order chi connectivity index (χ0) is 21.1. The number of nitrogens with one attached hydrogen (secondary N) is 1. The van der Waals surface area contributed by atoms with Gasteiger partial charge in [0.25, 0.3) is 0 Å². The number of aliphatic hydroxyl groups excluding tert-OH is 1. The second kappa shape index (κ2) is 12.3. The largest absolute Gasteiger partial charge is 0.491 e. The lowest BCUT2D eigenvalue weighted by Gasteiger charge is -2.18. The van der Waals surface area contributed by atoms with Crippen molar-refractivity contribution in [2.24, 2.45) is 0 Å². The Kier molecular flexibility index (Phi) is 10.5. The molecule has 1 aliphatic rings. The topological polar surface area (TPSA) is 125 Å². The third-order valence-electron chi connectivity index (χ3n) is 4.18. The highest BCUT2D eigenvalue weighted by atomic mass is 16.5. The van der Waals surface area contributed by atoms with Gasteiger partial charge in [-0.05, 0) is 42.9 Å². The molecule has 1 aromatic carbocycles. The normalized spacial score (nSPS) is 17.0. The van der Waals surface area contributed by atoms with Crippen molar-refractivity contribution in [1.82, 2.24) is 5.32 Å². The van der Waals surface area contributed by atoms with E-state index in [0.29, 0.717) is 25.2 Å². The van der Waals surface area contributed by atoms with Crippen LogP contribution in [0.2, 0.25) is 0 Å². The minimum Gasteiger partial charge on any atom is -0.491 e. The molecule has 0 aromatic heterocycles. The third-order valence-corrected chi connectivity index (χ3v) is 4.18. The number of ether oxygens (including phenoxy) is 2. The summed E-state index contributed by atoms with van der Waals surface area (Å²) in [5.74, 6) is -2.36. The van der Waals surface area contributed by atoms with Crippen molar-refractivity contribution >= 4 is 11.9 Å². The molecule has 0 saturated carbocycles. The molecule has 1 aromatic rings. The second-order valence-corrected chi connectivity index (χ2v) is 7.06. The lowest BCUT2D eigenvalue weighted by molar-refractivity contribution is -0.159. The van der Waals surface area contributed by atoms with E-state index in [-0.39, 0.29) is 0 Å². The summed E-state index contributed by atoms with van der Waals surface area (Å²) in [5, 5.41) is 28.1. The van der Waals surface area contributed by atoms with Gasteiger partial charge in [0.1, 0.15) is 18.5 Å². The molecule has 0 spiro atoms. The first-order valence-corrected chi connectivity index (χ1v) is 9.40. The van der Waals surface area contributed by atoms with Crippen molar-refractivity contribution in [3.05, 3.63) is 29.3 Å². The van der Waals surface area contributed by atoms with Crippen molar-refractivity contribution in [2.75, 3.05) is 26.3 Å². The number of carboxylic acids is 2. The Morgan fingerprint density at radius 3 is 2.50 bits per heavy atom. The van der Waals surface area contributed by atoms with Gasteiger partial charge in [-0.2, -0.15) is 0 Å². The highest BCUT2D eigenvalue weighted by Crippen LogP contribution is 2.27. The fourth-order valence-corrected chi connectivity index (χ4v) is 2.70. The molecule has 2 atom stereocenters. The molecule has 8 nitrogen and oxygen atoms in total. The molecule has 158 valence electrons. The molecule has 4 N–H and O–H groups in total. The summed E-state index contributed by atoms with van der Waals surface area (Å²) in [6.07, 6.45) is 2.05. The van der Waals surface area contributed by atoms with Gasteiger partial charge >= 0.3 is 11.9 Å². The van der Waals surface area contributed by atoms with E-state index in [1.165, 1.54) is 11.1 Å². The van der Waals surface area contributed by atoms with Crippen molar-refractivity contribution in [1.29, 1.82) is 0 Å². The Labute approximate surface area is 165 Å². The summed E-state index contributed by atoms with van der Waals surface area (Å²) >= 11 is 0. The number of hydrogen-bond acceptors (Lipinski definition) is 6. The van der Waals surface area contributed by atoms with Crippen LogP contribution in [0, 0.1) is 6.92 Å². The van der Waals surface area contributed by atoms with E-state index in [1.54, 1.807) is 0 Å². The van der Waals surface area contributed by atoms with Crippen LogP contribution in [-0.4, -0.2) is 65.8 Å². The minimum atomic E-state index is -1.82. The first-order valence-electron chi connectivity index (χ1n) is 9.40. The fourth-order valence-electron chi connectivity index (χ4n) is 2.70. The van der Waals surface area contributed by atoms with Crippen LogP contribution in [0.15, 0.2) is 18.2 Å². The molecule has 2 unspecified atom stereocenters. The first-order chi connectivity index (χ1) is 13.2. The summed E-state index contributed by atoms with van der Waals surface area (Å²) in [7, 11) is 0. The molecule has 2 rings (SSSR count). The maximum atomic E-state index is 10.1. The zero-order valence-electron chi connectivity index (χ0n) is 16.7. The standard InChI is InChI=1S/C18H29NO3.C2H2O4/c1-13(2)17-7-6-14(3)9-18(17)22-12-15(20)10-19-11-16-5-4-8-21-16;3-1(4)2(5)6/h6-7,9,13,15-16,19-20H,4-5,8,10-12H2,1-3H3;(H,3,4)(H,5,6). The lowest BCUT2D eigenvalue weighted by atomic mass is 10.0. The molecule has 1 aliphatic heterocycles. The molecule has 0 amide bonds. The van der Waals surface area contributed by atoms with Crippen LogP contribution in [0.25, 0.3) is 0 Å². The number of aliphatic carboxylic acids is 2. The van der Waals surface area contributed by atoms with Crippen LogP contribution in [0.4, 0.5) is 0 Å². The summed E-state index contributed by atoms with van der Waals surface area (Å²) < 4.78 is 11.4. The van der Waals surface area contributed by atoms with Gasteiger partial charge < -0.3 is 30.1 Å². The number of hydrogen-bond donors (Lipinski definition) is 4. The first kappa shape index (κ1) is 23.9. The molecular formula is C20H31NO7. The predicted molar refractivity (Wildman–Crippen MR) is 104 cm³/mol. The van der Waals surface area contributed by atoms with E-state index in [2.05, 4.69) is 38.2 Å². The molecule has 1 heterocycles. The van der Waals surface area contributed by atoms with Gasteiger partial charge in [-0.15, -0.1) is 0 Å². The van der Waals surface area contributed by atoms with Crippen LogP contribution >= 0.6 is 0 Å². The highest BCUT2D eigenvalue weighted by molar-refractivity contribution is 6.27. The molecular weight excluding hydrogens is 366 g/mol. The maximum Gasteiger partial charge on any atom is 0.414 e. The molecule has 8 heteroatoms. The molecule has 28 heavy (non-hydrogen) atoms. The van der Waals surface area contributed by atoms with Crippen molar-refractivity contribution < 1.29 is 34.4 Å². The number of carboxylic acid groups (broad SMARTS) is 2. The van der Waals surface area contributed by atoms with E-state index < -0.39 is 18.0 Å². The predicted octanol–water partition coefficient (Wildman–Crippen LogP) is 1.78. The van der Waals surface area contributed by atoms with Crippen LogP contribution in [0.1, 0.15) is 43.7 Å². The third kappa shape index (κ3) is 9.16. The lowest BCUT2D eigenvalue weighted by Crippen LogP contribution is -2.35. The van der Waals surface area contributed by atoms with Crippen LogP contribution < -0.4 is 10.1 Å². The van der Waals surface area contributed by atoms with E-state index in [1.807, 2.05) is 6.07 Å². The van der Waals surface area contributed by atoms with Gasteiger partial charge in [0.15, 0.2) is 0 Å². The van der Waals surface area contributed by atoms with Gasteiger partial charge in [-0.25, -0.2) is 9.59 Å². The van der Waals surface area contributed by atoms with Crippen LogP contribution in [0.5, 0.6) is 5.75 Å². The Balaban J connectivity index is 0.000000568.